The minimum absolute atomic E-state index is 0.649. The summed E-state index contributed by atoms with van der Waals surface area (Å²) in [5.74, 6) is 3.61. The summed E-state index contributed by atoms with van der Waals surface area (Å²) in [6.45, 7) is 7.63. The van der Waals surface area contributed by atoms with Gasteiger partial charge in [0.05, 0.1) is 0 Å². The van der Waals surface area contributed by atoms with Crippen LogP contribution >= 0.6 is 24.4 Å². The zero-order valence-electron chi connectivity index (χ0n) is 8.99. The van der Waals surface area contributed by atoms with Gasteiger partial charge in [-0.05, 0) is 36.3 Å². The molecule has 0 spiro atoms. The summed E-state index contributed by atoms with van der Waals surface area (Å²) in [5, 5.41) is 0.737. The zero-order valence-corrected chi connectivity index (χ0v) is 10.7. The Morgan fingerprint density at radius 1 is 1.31 bits per heavy atom. The Labute approximate surface area is 92.6 Å². The van der Waals surface area contributed by atoms with Gasteiger partial charge in [-0.15, -0.1) is 0 Å². The fourth-order valence-electron chi connectivity index (χ4n) is 0.987. The highest BCUT2D eigenvalue weighted by atomic mass is 32.2. The molecule has 2 N–H and O–H groups in total. The van der Waals surface area contributed by atoms with Crippen LogP contribution in [0.15, 0.2) is 0 Å². The molecule has 0 bridgehead atoms. The molecule has 0 rings (SSSR count). The van der Waals surface area contributed by atoms with Crippen LogP contribution in [0.2, 0.25) is 0 Å². The normalized spacial score (nSPS) is 18.2. The van der Waals surface area contributed by atoms with Crippen molar-refractivity contribution in [3.8, 4) is 0 Å². The van der Waals surface area contributed by atoms with Crippen LogP contribution in [0.1, 0.15) is 27.2 Å². The summed E-state index contributed by atoms with van der Waals surface area (Å²) in [7, 11) is 0. The Hall–Kier alpha value is 0.660. The van der Waals surface area contributed by atoms with Crippen molar-refractivity contribution in [1.29, 1.82) is 0 Å². The first kappa shape index (κ1) is 13.7. The van der Waals surface area contributed by atoms with Gasteiger partial charge in [-0.2, -0.15) is 24.4 Å². The number of rotatable bonds is 7. The van der Waals surface area contributed by atoms with Crippen molar-refractivity contribution in [2.45, 2.75) is 32.4 Å². The molecule has 13 heavy (non-hydrogen) atoms. The quantitative estimate of drug-likeness (QED) is 0.647. The van der Waals surface area contributed by atoms with Crippen molar-refractivity contribution >= 4 is 24.4 Å². The lowest BCUT2D eigenvalue weighted by Gasteiger charge is -2.20. The van der Waals surface area contributed by atoms with Gasteiger partial charge >= 0.3 is 0 Å². The third-order valence-electron chi connectivity index (χ3n) is 2.43. The average molecular weight is 221 g/mol. The molecule has 0 saturated heterocycles. The molecule has 0 aliphatic carbocycles. The summed E-state index contributed by atoms with van der Waals surface area (Å²) in [4.78, 5) is 0. The second-order valence-corrected chi connectivity index (χ2v) is 5.73. The number of thioether (sulfide) groups is 1. The summed E-state index contributed by atoms with van der Waals surface area (Å²) in [5.41, 5.74) is 5.57. The van der Waals surface area contributed by atoms with E-state index in [9.17, 15) is 0 Å². The molecule has 0 aromatic carbocycles. The van der Waals surface area contributed by atoms with E-state index in [1.165, 1.54) is 12.2 Å². The maximum absolute atomic E-state index is 5.57. The maximum atomic E-state index is 5.57. The highest BCUT2D eigenvalue weighted by molar-refractivity contribution is 7.99. The predicted octanol–water partition coefficient (Wildman–Crippen LogP) is 2.66. The van der Waals surface area contributed by atoms with Crippen molar-refractivity contribution in [1.82, 2.24) is 0 Å². The van der Waals surface area contributed by atoms with E-state index >= 15 is 0 Å². The first-order valence-electron chi connectivity index (χ1n) is 5.04. The molecule has 80 valence electrons. The molecular formula is C10H23NS2. The molecule has 0 radical (unpaired) electrons. The first-order valence-corrected chi connectivity index (χ1v) is 6.72. The van der Waals surface area contributed by atoms with Crippen molar-refractivity contribution in [3.05, 3.63) is 0 Å². The van der Waals surface area contributed by atoms with Crippen LogP contribution in [0, 0.1) is 11.8 Å². The van der Waals surface area contributed by atoms with Gasteiger partial charge in [-0.1, -0.05) is 20.8 Å². The molecule has 0 aromatic rings. The standard InChI is InChI=1S/C10H23NS2/c1-8(6-11)7-13-10(3)9(2)4-5-12/h8-10,12H,4-7,11H2,1-3H3. The molecule has 3 heteroatoms. The highest BCUT2D eigenvalue weighted by Gasteiger charge is 2.12. The lowest BCUT2D eigenvalue weighted by molar-refractivity contribution is 0.560. The van der Waals surface area contributed by atoms with Crippen molar-refractivity contribution in [2.24, 2.45) is 17.6 Å². The van der Waals surface area contributed by atoms with E-state index in [1.54, 1.807) is 0 Å². The Morgan fingerprint density at radius 3 is 2.38 bits per heavy atom. The van der Waals surface area contributed by atoms with Gasteiger partial charge in [-0.25, -0.2) is 0 Å². The fraction of sp³-hybridized carbons (Fsp3) is 1.00. The lowest BCUT2D eigenvalue weighted by Crippen LogP contribution is -2.17. The summed E-state index contributed by atoms with van der Waals surface area (Å²) in [6, 6.07) is 0. The van der Waals surface area contributed by atoms with Crippen LogP contribution in [0.25, 0.3) is 0 Å². The van der Waals surface area contributed by atoms with Crippen molar-refractivity contribution in [2.75, 3.05) is 18.1 Å². The average Bonchev–Trinajstić information content (AvgIpc) is 2.13. The molecule has 0 aliphatic rings. The van der Waals surface area contributed by atoms with Gasteiger partial charge < -0.3 is 5.73 Å². The summed E-state index contributed by atoms with van der Waals surface area (Å²) >= 11 is 6.30. The largest absolute Gasteiger partial charge is 0.330 e. The van der Waals surface area contributed by atoms with Crippen molar-refractivity contribution in [3.63, 3.8) is 0 Å². The summed E-state index contributed by atoms with van der Waals surface area (Å²) in [6.07, 6.45) is 1.22. The van der Waals surface area contributed by atoms with Gasteiger partial charge in [0, 0.05) is 5.25 Å². The van der Waals surface area contributed by atoms with E-state index in [2.05, 4.69) is 33.4 Å². The Balaban J connectivity index is 3.54. The van der Waals surface area contributed by atoms with Gasteiger partial charge in [-0.3, -0.25) is 0 Å². The molecule has 0 saturated carbocycles. The van der Waals surface area contributed by atoms with Crippen molar-refractivity contribution < 1.29 is 0 Å². The van der Waals surface area contributed by atoms with Crippen LogP contribution in [0.3, 0.4) is 0 Å². The molecular weight excluding hydrogens is 198 g/mol. The van der Waals surface area contributed by atoms with Crippen LogP contribution < -0.4 is 5.73 Å². The van der Waals surface area contributed by atoms with E-state index in [4.69, 9.17) is 5.73 Å². The Kier molecular flexibility index (Phi) is 8.42. The Morgan fingerprint density at radius 2 is 1.92 bits per heavy atom. The number of nitrogens with two attached hydrogens (primary N) is 1. The highest BCUT2D eigenvalue weighted by Crippen LogP contribution is 2.23. The lowest BCUT2D eigenvalue weighted by atomic mass is 10.1. The third kappa shape index (κ3) is 6.69. The van der Waals surface area contributed by atoms with E-state index in [1.807, 2.05) is 11.8 Å². The van der Waals surface area contributed by atoms with Crippen LogP contribution in [0.5, 0.6) is 0 Å². The van der Waals surface area contributed by atoms with E-state index in [0.29, 0.717) is 5.92 Å². The number of hydrogen-bond acceptors (Lipinski definition) is 3. The van der Waals surface area contributed by atoms with Crippen LogP contribution in [-0.2, 0) is 0 Å². The second-order valence-electron chi connectivity index (χ2n) is 3.87. The molecule has 3 atom stereocenters. The van der Waals surface area contributed by atoms with Crippen LogP contribution in [0.4, 0.5) is 0 Å². The molecule has 1 nitrogen and oxygen atoms in total. The fourth-order valence-corrected chi connectivity index (χ4v) is 2.63. The molecule has 0 aromatic heterocycles. The SMILES string of the molecule is CC(CN)CSC(C)C(C)CCS. The van der Waals surface area contributed by atoms with E-state index in [0.717, 1.165) is 23.5 Å². The van der Waals surface area contributed by atoms with Gasteiger partial charge in [0.1, 0.15) is 0 Å². The van der Waals surface area contributed by atoms with Gasteiger partial charge in [0.2, 0.25) is 0 Å². The first-order chi connectivity index (χ1) is 6.11. The maximum Gasteiger partial charge on any atom is 0.00447 e. The topological polar surface area (TPSA) is 26.0 Å². The monoisotopic (exact) mass is 221 g/mol. The third-order valence-corrected chi connectivity index (χ3v) is 4.44. The minimum atomic E-state index is 0.649. The second kappa shape index (κ2) is 8.01. The molecule has 0 aliphatic heterocycles. The van der Waals surface area contributed by atoms with Crippen LogP contribution in [-0.4, -0.2) is 23.3 Å². The molecule has 0 heterocycles. The zero-order chi connectivity index (χ0) is 10.3. The number of thiol groups is 1. The van der Waals surface area contributed by atoms with Gasteiger partial charge in [0.25, 0.3) is 0 Å². The molecule has 0 fully saturated rings. The van der Waals surface area contributed by atoms with E-state index in [-0.39, 0.29) is 0 Å². The van der Waals surface area contributed by atoms with Gasteiger partial charge in [0.15, 0.2) is 0 Å². The Bertz CT molecular complexity index is 119. The predicted molar refractivity (Wildman–Crippen MR) is 67.8 cm³/mol. The van der Waals surface area contributed by atoms with E-state index < -0.39 is 0 Å². The smallest absolute Gasteiger partial charge is 0.00447 e. The summed E-state index contributed by atoms with van der Waals surface area (Å²) < 4.78 is 0. The number of hydrogen-bond donors (Lipinski definition) is 2. The molecule has 3 unspecified atom stereocenters. The minimum Gasteiger partial charge on any atom is -0.330 e. The molecule has 0 amide bonds.